The van der Waals surface area contributed by atoms with E-state index in [2.05, 4.69) is 20.9 Å². The van der Waals surface area contributed by atoms with Crippen LogP contribution in [0.5, 0.6) is 0 Å². The minimum absolute atomic E-state index is 0.219. The van der Waals surface area contributed by atoms with Gasteiger partial charge in [0.15, 0.2) is 0 Å². The Labute approximate surface area is 120 Å². The molecule has 2 amide bonds. The fraction of sp³-hybridized carbons (Fsp3) is 0.231. The summed E-state index contributed by atoms with van der Waals surface area (Å²) in [6, 6.07) is 6.04. The molecule has 0 atom stereocenters. The minimum Gasteiger partial charge on any atom is -0.478 e. The van der Waals surface area contributed by atoms with Gasteiger partial charge in [0.2, 0.25) is 0 Å². The summed E-state index contributed by atoms with van der Waals surface area (Å²) in [5.41, 5.74) is 1.04. The van der Waals surface area contributed by atoms with Gasteiger partial charge in [-0.25, -0.2) is 9.59 Å². The van der Waals surface area contributed by atoms with Gasteiger partial charge in [-0.15, -0.1) is 5.10 Å². The number of rotatable bonds is 6. The van der Waals surface area contributed by atoms with Gasteiger partial charge in [-0.2, -0.15) is 0 Å². The predicted molar refractivity (Wildman–Crippen MR) is 73.7 cm³/mol. The summed E-state index contributed by atoms with van der Waals surface area (Å²) < 4.78 is 1.62. The van der Waals surface area contributed by atoms with Gasteiger partial charge in [0, 0.05) is 19.3 Å². The number of carbonyl (C=O) groups excluding carboxylic acids is 1. The first kappa shape index (κ1) is 14.5. The molecule has 8 heteroatoms. The molecule has 3 N–H and O–H groups in total. The van der Waals surface area contributed by atoms with Gasteiger partial charge >= 0.3 is 12.0 Å². The van der Waals surface area contributed by atoms with Crippen molar-refractivity contribution in [1.29, 1.82) is 0 Å². The molecule has 0 aliphatic rings. The lowest BCUT2D eigenvalue weighted by atomic mass is 10.1. The van der Waals surface area contributed by atoms with E-state index < -0.39 is 5.97 Å². The number of aromatic carboxylic acids is 1. The van der Waals surface area contributed by atoms with Crippen molar-refractivity contribution < 1.29 is 14.7 Å². The molecular formula is C13H15N5O3. The van der Waals surface area contributed by atoms with Gasteiger partial charge < -0.3 is 15.7 Å². The molecule has 1 aromatic carbocycles. The number of amides is 2. The van der Waals surface area contributed by atoms with Crippen LogP contribution < -0.4 is 10.6 Å². The SMILES string of the molecule is O=C(NCCn1ccnn1)NCc1ccc(C(=O)O)cc1. The maximum atomic E-state index is 11.6. The van der Waals surface area contributed by atoms with Crippen LogP contribution in [0.4, 0.5) is 4.79 Å². The van der Waals surface area contributed by atoms with Crippen LogP contribution in [0.25, 0.3) is 0 Å². The zero-order valence-corrected chi connectivity index (χ0v) is 11.2. The molecule has 0 saturated carbocycles. The first-order valence-electron chi connectivity index (χ1n) is 6.33. The third-order valence-electron chi connectivity index (χ3n) is 2.75. The number of carboxylic acids is 1. The summed E-state index contributed by atoms with van der Waals surface area (Å²) in [4.78, 5) is 22.3. The fourth-order valence-electron chi connectivity index (χ4n) is 1.65. The molecule has 2 rings (SSSR count). The summed E-state index contributed by atoms with van der Waals surface area (Å²) >= 11 is 0. The van der Waals surface area contributed by atoms with E-state index in [1.54, 1.807) is 29.2 Å². The first-order chi connectivity index (χ1) is 10.1. The van der Waals surface area contributed by atoms with E-state index >= 15 is 0 Å². The molecule has 0 fully saturated rings. The van der Waals surface area contributed by atoms with Crippen molar-refractivity contribution in [1.82, 2.24) is 25.6 Å². The molecule has 1 aromatic heterocycles. The van der Waals surface area contributed by atoms with E-state index in [9.17, 15) is 9.59 Å². The van der Waals surface area contributed by atoms with Crippen LogP contribution in [-0.2, 0) is 13.1 Å². The topological polar surface area (TPSA) is 109 Å². The van der Waals surface area contributed by atoms with Crippen LogP contribution >= 0.6 is 0 Å². The highest BCUT2D eigenvalue weighted by Gasteiger charge is 2.03. The zero-order chi connectivity index (χ0) is 15.1. The average molecular weight is 289 g/mol. The van der Waals surface area contributed by atoms with Crippen LogP contribution in [0, 0.1) is 0 Å². The van der Waals surface area contributed by atoms with Crippen LogP contribution in [0.3, 0.4) is 0 Å². The van der Waals surface area contributed by atoms with E-state index in [-0.39, 0.29) is 11.6 Å². The molecule has 0 aliphatic heterocycles. The van der Waals surface area contributed by atoms with Crippen molar-refractivity contribution in [2.45, 2.75) is 13.1 Å². The Hall–Kier alpha value is -2.90. The quantitative estimate of drug-likeness (QED) is 0.716. The van der Waals surface area contributed by atoms with Gasteiger partial charge in [0.05, 0.1) is 18.3 Å². The smallest absolute Gasteiger partial charge is 0.335 e. The molecule has 0 radical (unpaired) electrons. The molecule has 0 unspecified atom stereocenters. The Morgan fingerprint density at radius 3 is 2.57 bits per heavy atom. The Morgan fingerprint density at radius 1 is 1.19 bits per heavy atom. The van der Waals surface area contributed by atoms with E-state index in [1.807, 2.05) is 0 Å². The normalized spacial score (nSPS) is 10.1. The van der Waals surface area contributed by atoms with Gasteiger partial charge in [0.1, 0.15) is 0 Å². The van der Waals surface area contributed by atoms with Crippen LogP contribution in [0.15, 0.2) is 36.7 Å². The Morgan fingerprint density at radius 2 is 1.95 bits per heavy atom. The third kappa shape index (κ3) is 4.60. The Kier molecular flexibility index (Phi) is 4.86. The molecule has 8 nitrogen and oxygen atoms in total. The van der Waals surface area contributed by atoms with Crippen molar-refractivity contribution in [3.05, 3.63) is 47.8 Å². The van der Waals surface area contributed by atoms with Gasteiger partial charge in [-0.3, -0.25) is 4.68 Å². The number of carbonyl (C=O) groups is 2. The molecule has 1 heterocycles. The number of hydrogen-bond donors (Lipinski definition) is 3. The maximum absolute atomic E-state index is 11.6. The fourth-order valence-corrected chi connectivity index (χ4v) is 1.65. The number of carboxylic acid groups (broad SMARTS) is 1. The largest absolute Gasteiger partial charge is 0.478 e. The molecule has 0 spiro atoms. The lowest BCUT2D eigenvalue weighted by molar-refractivity contribution is 0.0697. The van der Waals surface area contributed by atoms with E-state index in [4.69, 9.17) is 5.11 Å². The Bertz CT molecular complexity index is 595. The van der Waals surface area contributed by atoms with Crippen molar-refractivity contribution >= 4 is 12.0 Å². The predicted octanol–water partition coefficient (Wildman–Crippen LogP) is 0.476. The summed E-state index contributed by atoms with van der Waals surface area (Å²) in [7, 11) is 0. The standard InChI is InChI=1S/C13H15N5O3/c19-12(20)11-3-1-10(2-4-11)9-15-13(21)14-5-7-18-8-6-16-17-18/h1-4,6,8H,5,7,9H2,(H,19,20)(H2,14,15,21). The summed E-state index contributed by atoms with van der Waals surface area (Å²) in [5, 5.41) is 21.6. The van der Waals surface area contributed by atoms with Crippen molar-refractivity contribution in [3.8, 4) is 0 Å². The summed E-state index contributed by atoms with van der Waals surface area (Å²) in [6.45, 7) is 1.31. The number of nitrogens with zero attached hydrogens (tertiary/aromatic N) is 3. The molecule has 2 aromatic rings. The third-order valence-corrected chi connectivity index (χ3v) is 2.75. The van der Waals surface area contributed by atoms with Gasteiger partial charge in [0.25, 0.3) is 0 Å². The second-order valence-electron chi connectivity index (χ2n) is 4.28. The number of aromatic nitrogens is 3. The minimum atomic E-state index is -0.972. The summed E-state index contributed by atoms with van der Waals surface area (Å²) in [6.07, 6.45) is 3.28. The second kappa shape index (κ2) is 7.04. The number of nitrogens with one attached hydrogen (secondary N) is 2. The number of benzene rings is 1. The Balaban J connectivity index is 1.69. The highest BCUT2D eigenvalue weighted by Crippen LogP contribution is 2.03. The zero-order valence-electron chi connectivity index (χ0n) is 11.2. The molecule has 110 valence electrons. The van der Waals surface area contributed by atoms with Crippen LogP contribution in [0.1, 0.15) is 15.9 Å². The molecular weight excluding hydrogens is 274 g/mol. The monoisotopic (exact) mass is 289 g/mol. The number of urea groups is 1. The van der Waals surface area contributed by atoms with Gasteiger partial charge in [-0.05, 0) is 17.7 Å². The van der Waals surface area contributed by atoms with Crippen LogP contribution in [0.2, 0.25) is 0 Å². The molecule has 0 saturated heterocycles. The van der Waals surface area contributed by atoms with Crippen molar-refractivity contribution in [2.75, 3.05) is 6.54 Å². The van der Waals surface area contributed by atoms with Crippen LogP contribution in [-0.4, -0.2) is 38.6 Å². The second-order valence-corrected chi connectivity index (χ2v) is 4.28. The average Bonchev–Trinajstić information content (AvgIpc) is 2.99. The lowest BCUT2D eigenvalue weighted by Gasteiger charge is -2.07. The van der Waals surface area contributed by atoms with E-state index in [1.165, 1.54) is 12.1 Å². The highest BCUT2D eigenvalue weighted by molar-refractivity contribution is 5.87. The molecule has 21 heavy (non-hydrogen) atoms. The van der Waals surface area contributed by atoms with Crippen molar-refractivity contribution in [2.24, 2.45) is 0 Å². The number of hydrogen-bond acceptors (Lipinski definition) is 4. The lowest BCUT2D eigenvalue weighted by Crippen LogP contribution is -2.36. The van der Waals surface area contributed by atoms with Gasteiger partial charge in [-0.1, -0.05) is 17.3 Å². The highest BCUT2D eigenvalue weighted by atomic mass is 16.4. The molecule has 0 aliphatic carbocycles. The maximum Gasteiger partial charge on any atom is 0.335 e. The van der Waals surface area contributed by atoms with E-state index in [0.717, 1.165) is 5.56 Å². The summed E-state index contributed by atoms with van der Waals surface area (Å²) in [5.74, 6) is -0.972. The first-order valence-corrected chi connectivity index (χ1v) is 6.33. The molecule has 0 bridgehead atoms. The van der Waals surface area contributed by atoms with E-state index in [0.29, 0.717) is 19.6 Å². The van der Waals surface area contributed by atoms with Crippen molar-refractivity contribution in [3.63, 3.8) is 0 Å².